The SMILES string of the molecule is CCCCCCCCCCCCOc1ccc(C(=O)Oc2ccc(C=Nc3ccc(-n4cc(C(=O)O[C@H]5CC[C@@]6(C)C(=CC[C@H]7[C@@H]8CC[C@H]([C@H](C)CCCC(C)C)[C@@]8(C)CC[C@@H]76)C5)nn4)cc3)cc2)cc1. The van der Waals surface area contributed by atoms with Crippen molar-refractivity contribution in [2.75, 3.05) is 6.61 Å². The minimum absolute atomic E-state index is 0.143. The molecule has 1 heterocycles. The standard InChI is InChI=1S/C62H84N4O5/c1-7-8-9-10-11-12-13-14-15-16-40-69-51-31-22-47(23-32-51)59(67)70-52-29-20-46(21-30-52)42-63-49-25-27-50(28-26-49)66-43-58(64-65-66)60(68)71-53-36-38-61(5)48(41-53)24-33-54-56-35-34-55(45(4)19-17-18-44(2)3)62(56,6)39-37-57(54)61/h20-32,42-45,53-57H,7-19,33-41H2,1-6H3/t45-,53+,54+,55-,56+,57+,61+,62-/m1/s1. The Morgan fingerprint density at radius 1 is 0.761 bits per heavy atom. The lowest BCUT2D eigenvalue weighted by molar-refractivity contribution is -0.0595. The number of carbonyl (C=O) groups is 2. The Morgan fingerprint density at radius 3 is 2.18 bits per heavy atom. The fourth-order valence-corrected chi connectivity index (χ4v) is 13.5. The first kappa shape index (κ1) is 52.3. The van der Waals surface area contributed by atoms with Crippen molar-refractivity contribution < 1.29 is 23.8 Å². The van der Waals surface area contributed by atoms with Gasteiger partial charge in [0, 0.05) is 12.6 Å². The van der Waals surface area contributed by atoms with Crippen molar-refractivity contribution in [2.45, 2.75) is 182 Å². The molecule has 382 valence electrons. The second-order valence-corrected chi connectivity index (χ2v) is 22.9. The molecule has 1 aromatic heterocycles. The third-order valence-corrected chi connectivity index (χ3v) is 17.7. The summed E-state index contributed by atoms with van der Waals surface area (Å²) in [5, 5.41) is 8.49. The van der Waals surface area contributed by atoms with Crippen LogP contribution in [-0.4, -0.2) is 45.9 Å². The van der Waals surface area contributed by atoms with E-state index in [-0.39, 0.29) is 17.2 Å². The van der Waals surface area contributed by atoms with Gasteiger partial charge in [-0.15, -0.1) is 5.10 Å². The van der Waals surface area contributed by atoms with Gasteiger partial charge in [-0.3, -0.25) is 4.99 Å². The van der Waals surface area contributed by atoms with Crippen LogP contribution in [0.25, 0.3) is 5.69 Å². The number of hydrogen-bond donors (Lipinski definition) is 0. The van der Waals surface area contributed by atoms with Crippen molar-refractivity contribution >= 4 is 23.8 Å². The van der Waals surface area contributed by atoms with Gasteiger partial charge < -0.3 is 14.2 Å². The Hall–Kier alpha value is -5.05. The van der Waals surface area contributed by atoms with E-state index in [9.17, 15) is 9.59 Å². The zero-order valence-corrected chi connectivity index (χ0v) is 44.1. The van der Waals surface area contributed by atoms with Crippen LogP contribution in [0.4, 0.5) is 5.69 Å². The maximum absolute atomic E-state index is 13.5. The number of ether oxygens (including phenoxy) is 3. The van der Waals surface area contributed by atoms with E-state index in [0.29, 0.717) is 23.3 Å². The van der Waals surface area contributed by atoms with E-state index in [2.05, 4.69) is 62.9 Å². The van der Waals surface area contributed by atoms with Crippen molar-refractivity contribution in [3.8, 4) is 17.2 Å². The van der Waals surface area contributed by atoms with Gasteiger partial charge in [0.25, 0.3) is 0 Å². The van der Waals surface area contributed by atoms with E-state index in [1.807, 2.05) is 48.5 Å². The monoisotopic (exact) mass is 965 g/mol. The van der Waals surface area contributed by atoms with Crippen LogP contribution in [0.3, 0.4) is 0 Å². The van der Waals surface area contributed by atoms with Gasteiger partial charge in [-0.2, -0.15) is 0 Å². The molecule has 3 saturated carbocycles. The lowest BCUT2D eigenvalue weighted by atomic mass is 9.47. The highest BCUT2D eigenvalue weighted by atomic mass is 16.5. The lowest BCUT2D eigenvalue weighted by Crippen LogP contribution is -2.51. The van der Waals surface area contributed by atoms with Crippen LogP contribution in [0.5, 0.6) is 11.5 Å². The number of hydrogen-bond acceptors (Lipinski definition) is 8. The predicted molar refractivity (Wildman–Crippen MR) is 286 cm³/mol. The topological polar surface area (TPSA) is 105 Å². The third-order valence-electron chi connectivity index (χ3n) is 17.7. The van der Waals surface area contributed by atoms with Crippen LogP contribution in [0.2, 0.25) is 0 Å². The molecule has 0 radical (unpaired) electrons. The molecule has 9 nitrogen and oxygen atoms in total. The molecule has 0 saturated heterocycles. The molecule has 4 aliphatic rings. The Kier molecular flexibility index (Phi) is 18.1. The first-order chi connectivity index (χ1) is 34.4. The van der Waals surface area contributed by atoms with E-state index < -0.39 is 11.9 Å². The van der Waals surface area contributed by atoms with Crippen molar-refractivity contribution in [3.63, 3.8) is 0 Å². The van der Waals surface area contributed by atoms with Crippen molar-refractivity contribution in [1.29, 1.82) is 0 Å². The smallest absolute Gasteiger partial charge is 0.360 e. The average molecular weight is 965 g/mol. The number of esters is 2. The molecular formula is C62H84N4O5. The number of aliphatic imine (C=N–C) groups is 1. The summed E-state index contributed by atoms with van der Waals surface area (Å²) in [5.41, 5.74) is 5.26. The molecule has 0 aliphatic heterocycles. The molecule has 4 aromatic rings. The fourth-order valence-electron chi connectivity index (χ4n) is 13.5. The first-order valence-electron chi connectivity index (χ1n) is 28.0. The van der Waals surface area contributed by atoms with E-state index in [4.69, 9.17) is 14.2 Å². The molecule has 0 N–H and O–H groups in total. The largest absolute Gasteiger partial charge is 0.494 e. The molecule has 71 heavy (non-hydrogen) atoms. The second kappa shape index (κ2) is 24.6. The number of fused-ring (bicyclic) bond motifs is 5. The molecule has 9 heteroatoms. The molecule has 8 rings (SSSR count). The second-order valence-electron chi connectivity index (χ2n) is 22.9. The molecule has 8 atom stereocenters. The minimum atomic E-state index is -0.420. The van der Waals surface area contributed by atoms with Crippen LogP contribution in [0.1, 0.15) is 203 Å². The summed E-state index contributed by atoms with van der Waals surface area (Å²) >= 11 is 0. The van der Waals surface area contributed by atoms with E-state index in [0.717, 1.165) is 83.9 Å². The maximum atomic E-state index is 13.5. The number of unbranched alkanes of at least 4 members (excludes halogenated alkanes) is 9. The summed E-state index contributed by atoms with van der Waals surface area (Å²) in [6.07, 6.45) is 32.3. The van der Waals surface area contributed by atoms with Gasteiger partial charge in [-0.25, -0.2) is 14.3 Å². The van der Waals surface area contributed by atoms with Crippen molar-refractivity contribution in [1.82, 2.24) is 15.0 Å². The van der Waals surface area contributed by atoms with Gasteiger partial charge >= 0.3 is 11.9 Å². The zero-order chi connectivity index (χ0) is 49.8. The van der Waals surface area contributed by atoms with Crippen molar-refractivity contribution in [2.24, 2.45) is 51.3 Å². The molecule has 0 spiro atoms. The number of nitrogens with zero attached hydrogens (tertiary/aromatic N) is 4. The maximum Gasteiger partial charge on any atom is 0.360 e. The van der Waals surface area contributed by atoms with Gasteiger partial charge in [-0.05, 0) is 176 Å². The van der Waals surface area contributed by atoms with Crippen molar-refractivity contribution in [3.05, 3.63) is 107 Å². The lowest BCUT2D eigenvalue weighted by Gasteiger charge is -2.58. The number of carbonyl (C=O) groups excluding carboxylic acids is 2. The third kappa shape index (κ3) is 13.1. The molecule has 3 aromatic carbocycles. The van der Waals surface area contributed by atoms with Crippen LogP contribution in [0.15, 0.2) is 95.6 Å². The number of aromatic nitrogens is 3. The fraction of sp³-hybridized carbons (Fsp3) is 0.597. The summed E-state index contributed by atoms with van der Waals surface area (Å²) in [5.74, 6) is 5.22. The Morgan fingerprint density at radius 2 is 1.46 bits per heavy atom. The van der Waals surface area contributed by atoms with Crippen LogP contribution in [0, 0.1) is 46.3 Å². The summed E-state index contributed by atoms with van der Waals surface area (Å²) < 4.78 is 19.3. The zero-order valence-electron chi connectivity index (χ0n) is 44.1. The highest BCUT2D eigenvalue weighted by molar-refractivity contribution is 5.91. The number of benzene rings is 3. The predicted octanol–water partition coefficient (Wildman–Crippen LogP) is 16.1. The molecule has 4 aliphatic carbocycles. The van der Waals surface area contributed by atoms with Gasteiger partial charge in [0.15, 0.2) is 5.69 Å². The Balaban J connectivity index is 0.756. The molecule has 0 bridgehead atoms. The van der Waals surface area contributed by atoms with Gasteiger partial charge in [0.05, 0.1) is 29.7 Å². The van der Waals surface area contributed by atoms with E-state index >= 15 is 0 Å². The Labute approximate surface area is 426 Å². The summed E-state index contributed by atoms with van der Waals surface area (Å²) in [6.45, 7) is 15.4. The Bertz CT molecular complexity index is 2390. The minimum Gasteiger partial charge on any atom is -0.494 e. The highest BCUT2D eigenvalue weighted by Crippen LogP contribution is 2.67. The number of rotatable bonds is 24. The molecular weight excluding hydrogens is 881 g/mol. The van der Waals surface area contributed by atoms with Gasteiger partial charge in [0.1, 0.15) is 17.6 Å². The van der Waals surface area contributed by atoms with E-state index in [1.54, 1.807) is 41.4 Å². The van der Waals surface area contributed by atoms with Gasteiger partial charge in [0.2, 0.25) is 0 Å². The first-order valence-corrected chi connectivity index (χ1v) is 28.0. The normalized spacial score (nSPS) is 25.3. The quantitative estimate of drug-likeness (QED) is 0.0226. The summed E-state index contributed by atoms with van der Waals surface area (Å²) in [6, 6.07) is 22.0. The van der Waals surface area contributed by atoms with Gasteiger partial charge in [-0.1, -0.05) is 135 Å². The van der Waals surface area contributed by atoms with Crippen LogP contribution >= 0.6 is 0 Å². The number of allylic oxidation sites excluding steroid dienone is 1. The van der Waals surface area contributed by atoms with Crippen LogP contribution < -0.4 is 9.47 Å². The summed E-state index contributed by atoms with van der Waals surface area (Å²) in [7, 11) is 0. The molecule has 0 amide bonds. The van der Waals surface area contributed by atoms with Crippen LogP contribution in [-0.2, 0) is 4.74 Å². The molecule has 3 fully saturated rings. The summed E-state index contributed by atoms with van der Waals surface area (Å²) in [4.78, 5) is 31.0. The average Bonchev–Trinajstić information content (AvgIpc) is 4.01. The van der Waals surface area contributed by atoms with E-state index in [1.165, 1.54) is 115 Å². The molecule has 0 unspecified atom stereocenters. The highest BCUT2D eigenvalue weighted by Gasteiger charge is 2.59.